The van der Waals surface area contributed by atoms with Crippen molar-refractivity contribution < 1.29 is 4.39 Å². The van der Waals surface area contributed by atoms with E-state index in [0.29, 0.717) is 17.4 Å². The molecular weight excluding hydrogens is 303 g/mol. The van der Waals surface area contributed by atoms with E-state index < -0.39 is 0 Å². The first-order valence-electron chi connectivity index (χ1n) is 6.82. The predicted octanol–water partition coefficient (Wildman–Crippen LogP) is 3.58. The summed E-state index contributed by atoms with van der Waals surface area (Å²) < 4.78 is 13.1. The number of halogens is 2. The maximum atomic E-state index is 13.1. The van der Waals surface area contributed by atoms with Crippen LogP contribution in [0.3, 0.4) is 0 Å². The van der Waals surface area contributed by atoms with Crippen molar-refractivity contribution >= 4 is 23.4 Å². The molecule has 6 heteroatoms. The minimum atomic E-state index is -0.374. The average molecular weight is 321 g/mol. The molecule has 0 aliphatic carbocycles. The van der Waals surface area contributed by atoms with Crippen LogP contribution in [0.25, 0.3) is 0 Å². The number of benzene rings is 1. The Hall–Kier alpha value is -2.14. The lowest BCUT2D eigenvalue weighted by atomic mass is 9.84. The number of hydrogen-bond donors (Lipinski definition) is 2. The molecule has 0 unspecified atom stereocenters. The number of nitrogens with zero attached hydrogens (tertiary/aromatic N) is 2. The van der Waals surface area contributed by atoms with Crippen LogP contribution in [0.15, 0.2) is 47.6 Å². The van der Waals surface area contributed by atoms with E-state index >= 15 is 0 Å². The average Bonchev–Trinajstić information content (AvgIpc) is 2.46. The van der Waals surface area contributed by atoms with Crippen LogP contribution in [-0.4, -0.2) is 17.5 Å². The molecule has 0 bridgehead atoms. The lowest BCUT2D eigenvalue weighted by Gasteiger charge is -2.24. The molecule has 116 valence electrons. The highest BCUT2D eigenvalue weighted by molar-refractivity contribution is 6.31. The fourth-order valence-electron chi connectivity index (χ4n) is 2.01. The summed E-state index contributed by atoms with van der Waals surface area (Å²) in [6.07, 6.45) is 1.66. The number of nitrogens with two attached hydrogens (primary N) is 1. The van der Waals surface area contributed by atoms with E-state index in [4.69, 9.17) is 17.3 Å². The highest BCUT2D eigenvalue weighted by atomic mass is 35.5. The summed E-state index contributed by atoms with van der Waals surface area (Å²) in [4.78, 5) is 8.43. The van der Waals surface area contributed by atoms with Gasteiger partial charge in [-0.1, -0.05) is 37.6 Å². The van der Waals surface area contributed by atoms with Crippen LogP contribution in [0, 0.1) is 5.82 Å². The number of nitrogens with one attached hydrogen (secondary N) is 1. The fraction of sp³-hybridized carbons (Fsp3) is 0.250. The van der Waals surface area contributed by atoms with Gasteiger partial charge in [0.1, 0.15) is 11.6 Å². The first-order chi connectivity index (χ1) is 10.4. The van der Waals surface area contributed by atoms with Crippen LogP contribution in [0.4, 0.5) is 10.2 Å². The number of guanidine groups is 1. The van der Waals surface area contributed by atoms with Gasteiger partial charge in [0.15, 0.2) is 5.96 Å². The van der Waals surface area contributed by atoms with Gasteiger partial charge in [-0.15, -0.1) is 0 Å². The van der Waals surface area contributed by atoms with Gasteiger partial charge in [0.25, 0.3) is 0 Å². The number of aromatic nitrogens is 1. The molecule has 0 amide bonds. The van der Waals surface area contributed by atoms with Crippen molar-refractivity contribution in [2.24, 2.45) is 10.7 Å². The molecule has 0 fully saturated rings. The molecule has 3 N–H and O–H groups in total. The van der Waals surface area contributed by atoms with Crippen LogP contribution in [0.2, 0.25) is 5.02 Å². The Balaban J connectivity index is 2.09. The van der Waals surface area contributed by atoms with Gasteiger partial charge < -0.3 is 11.1 Å². The largest absolute Gasteiger partial charge is 0.370 e. The molecule has 2 aromatic rings. The molecule has 1 aromatic carbocycles. The zero-order chi connectivity index (χ0) is 16.2. The second kappa shape index (κ2) is 6.75. The number of hydrogen-bond acceptors (Lipinski definition) is 2. The summed E-state index contributed by atoms with van der Waals surface area (Å²) in [7, 11) is 0. The van der Waals surface area contributed by atoms with Crippen molar-refractivity contribution in [2.45, 2.75) is 19.3 Å². The lowest BCUT2D eigenvalue weighted by molar-refractivity contribution is 0.537. The third kappa shape index (κ3) is 4.18. The Bertz CT molecular complexity index is 671. The zero-order valence-electron chi connectivity index (χ0n) is 12.5. The van der Waals surface area contributed by atoms with Crippen LogP contribution < -0.4 is 11.1 Å². The van der Waals surface area contributed by atoms with E-state index in [2.05, 4.69) is 15.3 Å². The van der Waals surface area contributed by atoms with Gasteiger partial charge in [0.2, 0.25) is 0 Å². The second-order valence-corrected chi connectivity index (χ2v) is 5.96. The van der Waals surface area contributed by atoms with Gasteiger partial charge in [0, 0.05) is 16.6 Å². The Morgan fingerprint density at radius 3 is 2.77 bits per heavy atom. The lowest BCUT2D eigenvalue weighted by Crippen LogP contribution is -2.28. The Labute approximate surface area is 134 Å². The predicted molar refractivity (Wildman–Crippen MR) is 88.8 cm³/mol. The highest BCUT2D eigenvalue weighted by Crippen LogP contribution is 2.30. The maximum Gasteiger partial charge on any atom is 0.194 e. The number of rotatable bonds is 4. The molecule has 0 atom stereocenters. The summed E-state index contributed by atoms with van der Waals surface area (Å²) in [6, 6.07) is 9.84. The standard InChI is InChI=1S/C16H18ClFN4/c1-16(2,12-7-6-11(18)9-13(12)17)10-21-15(19)22-14-5-3-4-8-20-14/h3-9H,10H2,1-2H3,(H3,19,20,21,22). The van der Waals surface area contributed by atoms with Crippen LogP contribution in [0.1, 0.15) is 19.4 Å². The molecule has 0 aliphatic rings. The molecule has 0 aliphatic heterocycles. The summed E-state index contributed by atoms with van der Waals surface area (Å²) in [6.45, 7) is 4.36. The van der Waals surface area contributed by atoms with Crippen molar-refractivity contribution in [3.8, 4) is 0 Å². The molecule has 0 saturated heterocycles. The fourth-order valence-corrected chi connectivity index (χ4v) is 2.44. The monoisotopic (exact) mass is 320 g/mol. The van der Waals surface area contributed by atoms with Crippen LogP contribution in [-0.2, 0) is 5.41 Å². The van der Waals surface area contributed by atoms with E-state index in [0.717, 1.165) is 5.56 Å². The van der Waals surface area contributed by atoms with Crippen molar-refractivity contribution in [2.75, 3.05) is 11.9 Å². The molecule has 0 saturated carbocycles. The normalized spacial score (nSPS) is 12.3. The third-order valence-corrected chi connectivity index (χ3v) is 3.54. The van der Waals surface area contributed by atoms with E-state index in [1.165, 1.54) is 12.1 Å². The first-order valence-corrected chi connectivity index (χ1v) is 7.20. The molecule has 1 heterocycles. The smallest absolute Gasteiger partial charge is 0.194 e. The van der Waals surface area contributed by atoms with Crippen molar-refractivity contribution in [3.05, 3.63) is 59.0 Å². The number of pyridine rings is 1. The van der Waals surface area contributed by atoms with Gasteiger partial charge in [-0.25, -0.2) is 9.37 Å². The molecule has 4 nitrogen and oxygen atoms in total. The number of anilines is 1. The summed E-state index contributed by atoms with van der Waals surface area (Å²) in [5.41, 5.74) is 6.31. The van der Waals surface area contributed by atoms with Gasteiger partial charge in [0.05, 0.1) is 6.54 Å². The summed E-state index contributed by atoms with van der Waals surface area (Å²) >= 11 is 6.11. The van der Waals surface area contributed by atoms with Crippen molar-refractivity contribution in [1.82, 2.24) is 4.98 Å². The zero-order valence-corrected chi connectivity index (χ0v) is 13.2. The third-order valence-electron chi connectivity index (χ3n) is 3.23. The molecule has 0 radical (unpaired) electrons. The molecule has 22 heavy (non-hydrogen) atoms. The van der Waals surface area contributed by atoms with Crippen LogP contribution >= 0.6 is 11.6 Å². The summed E-state index contributed by atoms with van der Waals surface area (Å²) in [5.74, 6) is 0.538. The van der Waals surface area contributed by atoms with Crippen molar-refractivity contribution in [3.63, 3.8) is 0 Å². The van der Waals surface area contributed by atoms with Gasteiger partial charge >= 0.3 is 0 Å². The second-order valence-electron chi connectivity index (χ2n) is 5.55. The van der Waals surface area contributed by atoms with Crippen molar-refractivity contribution in [1.29, 1.82) is 0 Å². The molecule has 2 rings (SSSR count). The quantitative estimate of drug-likeness (QED) is 0.668. The topological polar surface area (TPSA) is 63.3 Å². The van der Waals surface area contributed by atoms with Gasteiger partial charge in [-0.2, -0.15) is 0 Å². The minimum absolute atomic E-state index is 0.269. The van der Waals surface area contributed by atoms with Gasteiger partial charge in [-0.3, -0.25) is 4.99 Å². The SMILES string of the molecule is CC(C)(CN=C(N)Nc1ccccn1)c1ccc(F)cc1Cl. The van der Waals surface area contributed by atoms with E-state index in [1.54, 1.807) is 18.3 Å². The van der Waals surface area contributed by atoms with Crippen LogP contribution in [0.5, 0.6) is 0 Å². The van der Waals surface area contributed by atoms with E-state index in [9.17, 15) is 4.39 Å². The Morgan fingerprint density at radius 1 is 1.36 bits per heavy atom. The molecule has 0 spiro atoms. The molecule has 1 aromatic heterocycles. The van der Waals surface area contributed by atoms with E-state index in [-0.39, 0.29) is 17.2 Å². The summed E-state index contributed by atoms with van der Waals surface area (Å²) in [5, 5.41) is 3.30. The number of aliphatic imine (C=N–C) groups is 1. The van der Waals surface area contributed by atoms with Gasteiger partial charge in [-0.05, 0) is 29.8 Å². The first kappa shape index (κ1) is 16.2. The Kier molecular flexibility index (Phi) is 4.98. The highest BCUT2D eigenvalue weighted by Gasteiger charge is 2.23. The van der Waals surface area contributed by atoms with E-state index in [1.807, 2.05) is 26.0 Å². The minimum Gasteiger partial charge on any atom is -0.370 e. The maximum absolute atomic E-state index is 13.1. The molecular formula is C16H18ClFN4. The Morgan fingerprint density at radius 2 is 2.14 bits per heavy atom.